The molecule has 0 aromatic carbocycles. The summed E-state index contributed by atoms with van der Waals surface area (Å²) >= 11 is 5.32. The van der Waals surface area contributed by atoms with E-state index in [1.54, 1.807) is 0 Å². The van der Waals surface area contributed by atoms with Gasteiger partial charge < -0.3 is 9.63 Å². The van der Waals surface area contributed by atoms with E-state index in [0.717, 1.165) is 6.42 Å². The van der Waals surface area contributed by atoms with Crippen molar-refractivity contribution in [2.24, 2.45) is 0 Å². The number of nitrogens with zero attached hydrogens (tertiary/aromatic N) is 1. The van der Waals surface area contributed by atoms with Gasteiger partial charge in [0.1, 0.15) is 0 Å². The molecule has 4 nitrogen and oxygen atoms in total. The molecule has 0 saturated carbocycles. The first-order valence-corrected chi connectivity index (χ1v) is 6.45. The second-order valence-electron chi connectivity index (χ2n) is 2.79. The highest BCUT2D eigenvalue weighted by atomic mass is 35.7. The molecule has 72 valence electrons. The van der Waals surface area contributed by atoms with E-state index in [9.17, 15) is 4.57 Å². The molecule has 12 heavy (non-hydrogen) atoms. The molecule has 0 aliphatic carbocycles. The zero-order valence-electron chi connectivity index (χ0n) is 6.94. The van der Waals surface area contributed by atoms with Gasteiger partial charge in [-0.2, -0.15) is 0 Å². The van der Waals surface area contributed by atoms with Gasteiger partial charge in [0.05, 0.1) is 12.7 Å². The Kier molecular flexibility index (Phi) is 3.56. The maximum atomic E-state index is 11.0. The lowest BCUT2D eigenvalue weighted by molar-refractivity contribution is -0.00534. The number of hydrogen-bond donors (Lipinski definition) is 1. The van der Waals surface area contributed by atoms with Crippen LogP contribution >= 0.6 is 18.1 Å². The number of halogens is 1. The van der Waals surface area contributed by atoms with Gasteiger partial charge in [-0.05, 0) is 17.7 Å². The Hall–Kier alpha value is 0.400. The van der Waals surface area contributed by atoms with Crippen molar-refractivity contribution in [2.75, 3.05) is 19.7 Å². The molecular weight excluding hydrogens is 200 g/mol. The van der Waals surface area contributed by atoms with Crippen LogP contribution in [0.1, 0.15) is 13.3 Å². The number of hydrogen-bond acceptors (Lipinski definition) is 2. The average molecular weight is 214 g/mol. The summed E-state index contributed by atoms with van der Waals surface area (Å²) in [6.45, 7) is -0.217. The van der Waals surface area contributed by atoms with Crippen molar-refractivity contribution < 1.29 is 14.2 Å². The molecule has 1 N–H and O–H groups in total. The van der Waals surface area contributed by atoms with Gasteiger partial charge in [0.15, 0.2) is 0 Å². The Bertz CT molecular complexity index is 195. The number of morpholine rings is 1. The fourth-order valence-corrected chi connectivity index (χ4v) is 2.30. The lowest BCUT2D eigenvalue weighted by Gasteiger charge is -2.32. The molecule has 1 aliphatic rings. The van der Waals surface area contributed by atoms with Crippen molar-refractivity contribution in [3.8, 4) is 0 Å². The van der Waals surface area contributed by atoms with E-state index in [2.05, 4.69) is 0 Å². The van der Waals surface area contributed by atoms with Crippen LogP contribution in [0.5, 0.6) is 0 Å². The van der Waals surface area contributed by atoms with E-state index >= 15 is 0 Å². The van der Waals surface area contributed by atoms with Crippen LogP contribution in [0.25, 0.3) is 0 Å². The third kappa shape index (κ3) is 2.71. The van der Waals surface area contributed by atoms with Crippen molar-refractivity contribution >= 4 is 18.1 Å². The smallest absolute Gasteiger partial charge is 0.360 e. The standard InChI is InChI=1S/C6H13ClNO3P/c1-2-6-5-8(3-4-11-6)12(7,9)10/h6H,2-5H2,1H3,(H,9,10). The van der Waals surface area contributed by atoms with Gasteiger partial charge in [0, 0.05) is 13.1 Å². The molecule has 1 heterocycles. The maximum Gasteiger partial charge on any atom is 0.360 e. The minimum Gasteiger partial charge on any atom is -0.376 e. The molecule has 6 heteroatoms. The van der Waals surface area contributed by atoms with Gasteiger partial charge in [0.25, 0.3) is 0 Å². The Morgan fingerprint density at radius 1 is 1.83 bits per heavy atom. The SMILES string of the molecule is CCC1CN(P(=O)(O)Cl)CCO1. The predicted octanol–water partition coefficient (Wildman–Crippen LogP) is 1.44. The summed E-state index contributed by atoms with van der Waals surface area (Å²) in [6, 6.07) is 0. The topological polar surface area (TPSA) is 49.8 Å². The second-order valence-corrected chi connectivity index (χ2v) is 5.62. The Balaban J connectivity index is 2.52. The van der Waals surface area contributed by atoms with Crippen LogP contribution in [0.4, 0.5) is 0 Å². The van der Waals surface area contributed by atoms with Crippen LogP contribution in [0, 0.1) is 0 Å². The molecule has 1 fully saturated rings. The Morgan fingerprint density at radius 3 is 3.00 bits per heavy atom. The minimum absolute atomic E-state index is 0.0398. The zero-order chi connectivity index (χ0) is 9.19. The molecule has 1 aliphatic heterocycles. The van der Waals surface area contributed by atoms with E-state index < -0.39 is 6.87 Å². The lowest BCUT2D eigenvalue weighted by atomic mass is 10.2. The van der Waals surface area contributed by atoms with Crippen LogP contribution in [0.15, 0.2) is 0 Å². The van der Waals surface area contributed by atoms with E-state index in [4.69, 9.17) is 20.9 Å². The van der Waals surface area contributed by atoms with Crippen molar-refractivity contribution in [3.63, 3.8) is 0 Å². The molecular formula is C6H13ClNO3P. The molecule has 0 radical (unpaired) electrons. The molecule has 1 rings (SSSR count). The average Bonchev–Trinajstić information content (AvgIpc) is 2.03. The summed E-state index contributed by atoms with van der Waals surface area (Å²) < 4.78 is 17.7. The largest absolute Gasteiger partial charge is 0.376 e. The predicted molar refractivity (Wildman–Crippen MR) is 47.3 cm³/mol. The van der Waals surface area contributed by atoms with Crippen molar-refractivity contribution in [2.45, 2.75) is 19.4 Å². The van der Waals surface area contributed by atoms with Crippen molar-refractivity contribution in [3.05, 3.63) is 0 Å². The third-order valence-corrected chi connectivity index (χ3v) is 3.62. The van der Waals surface area contributed by atoms with E-state index in [0.29, 0.717) is 19.7 Å². The Morgan fingerprint density at radius 2 is 2.50 bits per heavy atom. The third-order valence-electron chi connectivity index (χ3n) is 1.92. The summed E-state index contributed by atoms with van der Waals surface area (Å²) in [5, 5.41) is 0. The van der Waals surface area contributed by atoms with E-state index in [1.807, 2.05) is 6.92 Å². The minimum atomic E-state index is -3.57. The second kappa shape index (κ2) is 4.07. The van der Waals surface area contributed by atoms with Crippen molar-refractivity contribution in [1.82, 2.24) is 4.67 Å². The van der Waals surface area contributed by atoms with Crippen LogP contribution in [-0.2, 0) is 9.30 Å². The highest BCUT2D eigenvalue weighted by Crippen LogP contribution is 2.50. The number of rotatable bonds is 2. The fourth-order valence-electron chi connectivity index (χ4n) is 1.17. The molecule has 0 spiro atoms. The summed E-state index contributed by atoms with van der Waals surface area (Å²) in [4.78, 5) is 9.05. The molecule has 1 saturated heterocycles. The van der Waals surface area contributed by atoms with Crippen LogP contribution in [0.3, 0.4) is 0 Å². The molecule has 0 aromatic heterocycles. The first-order chi connectivity index (χ1) is 5.54. The summed E-state index contributed by atoms with van der Waals surface area (Å²) in [5.74, 6) is 0. The normalized spacial score (nSPS) is 31.4. The monoisotopic (exact) mass is 213 g/mol. The highest BCUT2D eigenvalue weighted by Gasteiger charge is 2.30. The number of ether oxygens (including phenoxy) is 1. The fraction of sp³-hybridized carbons (Fsp3) is 1.00. The molecule has 0 aromatic rings. The van der Waals surface area contributed by atoms with Gasteiger partial charge in [0.2, 0.25) is 0 Å². The zero-order valence-corrected chi connectivity index (χ0v) is 8.59. The first kappa shape index (κ1) is 10.5. The van der Waals surface area contributed by atoms with Crippen LogP contribution in [-0.4, -0.2) is 35.4 Å². The molecule has 0 bridgehead atoms. The maximum absolute atomic E-state index is 11.0. The van der Waals surface area contributed by atoms with Crippen LogP contribution < -0.4 is 0 Å². The van der Waals surface area contributed by atoms with Gasteiger partial charge in [-0.25, -0.2) is 4.67 Å². The van der Waals surface area contributed by atoms with Gasteiger partial charge >= 0.3 is 6.87 Å². The molecule has 0 amide bonds. The van der Waals surface area contributed by atoms with Crippen LogP contribution in [0.2, 0.25) is 0 Å². The van der Waals surface area contributed by atoms with Gasteiger partial charge in [-0.1, -0.05) is 6.92 Å². The summed E-state index contributed by atoms with van der Waals surface area (Å²) in [7, 11) is 0. The van der Waals surface area contributed by atoms with Crippen molar-refractivity contribution in [1.29, 1.82) is 0 Å². The molecule has 2 atom stereocenters. The Labute approximate surface area is 76.8 Å². The van der Waals surface area contributed by atoms with Gasteiger partial charge in [-0.3, -0.25) is 4.57 Å². The van der Waals surface area contributed by atoms with Gasteiger partial charge in [-0.15, -0.1) is 0 Å². The lowest BCUT2D eigenvalue weighted by Crippen LogP contribution is -2.39. The van der Waals surface area contributed by atoms with E-state index in [1.165, 1.54) is 4.67 Å². The highest BCUT2D eigenvalue weighted by molar-refractivity contribution is 7.82. The quantitative estimate of drug-likeness (QED) is 0.706. The summed E-state index contributed by atoms with van der Waals surface area (Å²) in [6.07, 6.45) is 0.880. The molecule has 2 unspecified atom stereocenters. The van der Waals surface area contributed by atoms with E-state index in [-0.39, 0.29) is 6.10 Å². The first-order valence-electron chi connectivity index (χ1n) is 3.93. The summed E-state index contributed by atoms with van der Waals surface area (Å²) in [5.41, 5.74) is 0.